The summed E-state index contributed by atoms with van der Waals surface area (Å²) in [5, 5.41) is 3.28. The standard InChI is InChI=1S/C22H34N4O3S.HI/c1-4-23-21(26-14-15-30(28,29)22(2,3)17-26)24-16-18-8-10-19(11-9-18)20(27)25-12-6-5-7-13-25;/h8-11H,4-7,12-17H2,1-3H3,(H,23,24);1H. The van der Waals surface area contributed by atoms with Crippen LogP contribution in [-0.2, 0) is 16.4 Å². The molecule has 0 radical (unpaired) electrons. The fourth-order valence-corrected chi connectivity index (χ4v) is 5.31. The molecular weight excluding hydrogens is 527 g/mol. The minimum atomic E-state index is -3.09. The maximum absolute atomic E-state index is 12.6. The minimum absolute atomic E-state index is 0. The second-order valence-electron chi connectivity index (χ2n) is 8.72. The van der Waals surface area contributed by atoms with Crippen molar-refractivity contribution in [3.05, 3.63) is 35.4 Å². The van der Waals surface area contributed by atoms with Crippen molar-refractivity contribution >= 4 is 45.7 Å². The number of hydrogen-bond acceptors (Lipinski definition) is 4. The van der Waals surface area contributed by atoms with Gasteiger partial charge in [-0.25, -0.2) is 13.4 Å². The largest absolute Gasteiger partial charge is 0.357 e. The summed E-state index contributed by atoms with van der Waals surface area (Å²) in [7, 11) is -3.09. The number of rotatable bonds is 4. The van der Waals surface area contributed by atoms with E-state index >= 15 is 0 Å². The highest BCUT2D eigenvalue weighted by Crippen LogP contribution is 2.24. The molecule has 2 saturated heterocycles. The topological polar surface area (TPSA) is 82.1 Å². The van der Waals surface area contributed by atoms with E-state index < -0.39 is 14.6 Å². The van der Waals surface area contributed by atoms with Gasteiger partial charge in [-0.3, -0.25) is 4.79 Å². The first-order chi connectivity index (χ1) is 14.2. The van der Waals surface area contributed by atoms with Crippen LogP contribution in [0.5, 0.6) is 0 Å². The van der Waals surface area contributed by atoms with Crippen molar-refractivity contribution in [2.24, 2.45) is 4.99 Å². The summed E-state index contributed by atoms with van der Waals surface area (Å²) < 4.78 is 23.8. The maximum atomic E-state index is 12.6. The van der Waals surface area contributed by atoms with Crippen LogP contribution in [0.25, 0.3) is 0 Å². The number of sulfone groups is 1. The molecule has 1 N–H and O–H groups in total. The molecule has 0 aromatic heterocycles. The predicted molar refractivity (Wildman–Crippen MR) is 136 cm³/mol. The lowest BCUT2D eigenvalue weighted by atomic mass is 10.1. The smallest absolute Gasteiger partial charge is 0.253 e. The van der Waals surface area contributed by atoms with Crippen molar-refractivity contribution in [2.45, 2.75) is 51.3 Å². The highest BCUT2D eigenvalue weighted by atomic mass is 127. The van der Waals surface area contributed by atoms with Crippen LogP contribution in [0.15, 0.2) is 29.3 Å². The summed E-state index contributed by atoms with van der Waals surface area (Å²) in [4.78, 5) is 21.3. The van der Waals surface area contributed by atoms with Crippen molar-refractivity contribution < 1.29 is 13.2 Å². The molecule has 0 spiro atoms. The van der Waals surface area contributed by atoms with Crippen molar-refractivity contribution in [1.82, 2.24) is 15.1 Å². The third-order valence-corrected chi connectivity index (χ3v) is 8.47. The molecule has 31 heavy (non-hydrogen) atoms. The molecule has 0 unspecified atom stereocenters. The Hall–Kier alpha value is -1.36. The quantitative estimate of drug-likeness (QED) is 0.347. The SMILES string of the molecule is CCNC(=NCc1ccc(C(=O)N2CCCCC2)cc1)N1CCS(=O)(=O)C(C)(C)C1.I. The van der Waals surface area contributed by atoms with Gasteiger partial charge < -0.3 is 15.1 Å². The number of piperidine rings is 1. The van der Waals surface area contributed by atoms with Crippen LogP contribution in [0, 0.1) is 0 Å². The Labute approximate surface area is 203 Å². The average molecular weight is 563 g/mol. The maximum Gasteiger partial charge on any atom is 0.253 e. The van der Waals surface area contributed by atoms with Crippen LogP contribution in [0.2, 0.25) is 0 Å². The number of nitrogens with zero attached hydrogens (tertiary/aromatic N) is 3. The van der Waals surface area contributed by atoms with E-state index in [9.17, 15) is 13.2 Å². The molecule has 9 heteroatoms. The van der Waals surface area contributed by atoms with E-state index in [4.69, 9.17) is 4.99 Å². The average Bonchev–Trinajstić information content (AvgIpc) is 2.74. The van der Waals surface area contributed by atoms with Crippen molar-refractivity contribution in [3.63, 3.8) is 0 Å². The number of benzene rings is 1. The van der Waals surface area contributed by atoms with Crippen LogP contribution in [-0.4, -0.2) is 73.3 Å². The summed E-state index contributed by atoms with van der Waals surface area (Å²) in [5.74, 6) is 0.973. The zero-order valence-corrected chi connectivity index (χ0v) is 21.9. The first-order valence-corrected chi connectivity index (χ1v) is 12.5. The van der Waals surface area contributed by atoms with E-state index in [1.165, 1.54) is 6.42 Å². The lowest BCUT2D eigenvalue weighted by Gasteiger charge is -2.39. The number of aliphatic imine (C=N–C) groups is 1. The number of carbonyl (C=O) groups excluding carboxylic acids is 1. The Kier molecular flexibility index (Phi) is 9.17. The van der Waals surface area contributed by atoms with Gasteiger partial charge in [0, 0.05) is 38.3 Å². The Bertz CT molecular complexity index is 879. The first kappa shape index (κ1) is 25.9. The molecule has 7 nitrogen and oxygen atoms in total. The Morgan fingerprint density at radius 1 is 1.06 bits per heavy atom. The van der Waals surface area contributed by atoms with Gasteiger partial charge in [0.25, 0.3) is 5.91 Å². The molecule has 174 valence electrons. The number of halogens is 1. The van der Waals surface area contributed by atoms with E-state index in [0.29, 0.717) is 26.2 Å². The van der Waals surface area contributed by atoms with Gasteiger partial charge >= 0.3 is 0 Å². The second kappa shape index (κ2) is 11.0. The van der Waals surface area contributed by atoms with Crippen LogP contribution in [0.4, 0.5) is 0 Å². The van der Waals surface area contributed by atoms with E-state index in [0.717, 1.165) is 43.0 Å². The molecule has 0 atom stereocenters. The summed E-state index contributed by atoms with van der Waals surface area (Å²) in [6.07, 6.45) is 3.37. The number of hydrogen-bond donors (Lipinski definition) is 1. The van der Waals surface area contributed by atoms with Crippen molar-refractivity contribution in [3.8, 4) is 0 Å². The molecule has 2 aliphatic heterocycles. The summed E-state index contributed by atoms with van der Waals surface area (Å²) >= 11 is 0. The molecule has 0 bridgehead atoms. The number of carbonyl (C=O) groups is 1. The Morgan fingerprint density at radius 3 is 2.29 bits per heavy atom. The van der Waals surface area contributed by atoms with Crippen molar-refractivity contribution in [2.75, 3.05) is 38.5 Å². The third-order valence-electron chi connectivity index (χ3n) is 5.93. The van der Waals surface area contributed by atoms with Gasteiger partial charge in [-0.1, -0.05) is 12.1 Å². The number of guanidine groups is 1. The molecule has 2 aliphatic rings. The van der Waals surface area contributed by atoms with Gasteiger partial charge in [0.05, 0.1) is 17.0 Å². The summed E-state index contributed by atoms with van der Waals surface area (Å²) in [6, 6.07) is 7.67. The van der Waals surface area contributed by atoms with Gasteiger partial charge in [-0.15, -0.1) is 24.0 Å². The monoisotopic (exact) mass is 562 g/mol. The number of nitrogens with one attached hydrogen (secondary N) is 1. The fraction of sp³-hybridized carbons (Fsp3) is 0.636. The molecule has 0 aliphatic carbocycles. The molecule has 2 fully saturated rings. The van der Waals surface area contributed by atoms with Crippen LogP contribution in [0.3, 0.4) is 0 Å². The van der Waals surface area contributed by atoms with Gasteiger partial charge in [-0.05, 0) is 57.7 Å². The van der Waals surface area contributed by atoms with Crippen molar-refractivity contribution in [1.29, 1.82) is 0 Å². The van der Waals surface area contributed by atoms with Gasteiger partial charge in [-0.2, -0.15) is 0 Å². The highest BCUT2D eigenvalue weighted by Gasteiger charge is 2.40. The lowest BCUT2D eigenvalue weighted by molar-refractivity contribution is 0.0724. The molecule has 2 heterocycles. The number of amides is 1. The zero-order valence-electron chi connectivity index (χ0n) is 18.8. The van der Waals surface area contributed by atoms with E-state index in [2.05, 4.69) is 5.32 Å². The molecule has 0 saturated carbocycles. The zero-order chi connectivity index (χ0) is 21.8. The van der Waals surface area contributed by atoms with Gasteiger partial charge in [0.2, 0.25) is 0 Å². The molecule has 1 amide bonds. The van der Waals surface area contributed by atoms with E-state index in [1.54, 1.807) is 13.8 Å². The summed E-state index contributed by atoms with van der Waals surface area (Å²) in [5.41, 5.74) is 1.74. The molecule has 1 aromatic carbocycles. The Balaban J connectivity index is 0.00000341. The van der Waals surface area contributed by atoms with Gasteiger partial charge in [0.1, 0.15) is 0 Å². The van der Waals surface area contributed by atoms with E-state index in [1.807, 2.05) is 41.0 Å². The normalized spacial score (nSPS) is 20.7. The lowest BCUT2D eigenvalue weighted by Crippen LogP contribution is -2.57. The summed E-state index contributed by atoms with van der Waals surface area (Å²) in [6.45, 7) is 9.30. The Morgan fingerprint density at radius 2 is 1.71 bits per heavy atom. The molecule has 1 aromatic rings. The molecule has 3 rings (SSSR count). The van der Waals surface area contributed by atoms with Crippen LogP contribution >= 0.6 is 24.0 Å². The minimum Gasteiger partial charge on any atom is -0.357 e. The second-order valence-corrected chi connectivity index (χ2v) is 11.5. The van der Waals surface area contributed by atoms with Crippen LogP contribution < -0.4 is 5.32 Å². The van der Waals surface area contributed by atoms with Crippen LogP contribution in [0.1, 0.15) is 56.0 Å². The fourth-order valence-electron chi connectivity index (χ4n) is 3.95. The first-order valence-electron chi connectivity index (χ1n) is 10.9. The van der Waals surface area contributed by atoms with Gasteiger partial charge in [0.15, 0.2) is 15.8 Å². The number of likely N-dealkylation sites (tertiary alicyclic amines) is 1. The predicted octanol–water partition coefficient (Wildman–Crippen LogP) is 2.91. The van der Waals surface area contributed by atoms with E-state index in [-0.39, 0.29) is 35.6 Å². The highest BCUT2D eigenvalue weighted by molar-refractivity contribution is 14.0. The third kappa shape index (κ3) is 6.34. The molecular formula is C22H35IN4O3S.